The van der Waals surface area contributed by atoms with Gasteiger partial charge in [0.1, 0.15) is 12.2 Å². The largest absolute Gasteiger partial charge is 0.493 e. The number of para-hydroxylation sites is 1. The predicted octanol–water partition coefficient (Wildman–Crippen LogP) is 2.39. The van der Waals surface area contributed by atoms with E-state index in [1.54, 1.807) is 7.11 Å². The van der Waals surface area contributed by atoms with Crippen LogP contribution in [0.4, 0.5) is 0 Å². The Morgan fingerprint density at radius 1 is 1.14 bits per heavy atom. The Hall–Kier alpha value is -2.04. The van der Waals surface area contributed by atoms with Crippen molar-refractivity contribution in [3.05, 3.63) is 59.2 Å². The molecule has 4 nitrogen and oxygen atoms in total. The Bertz CT molecular complexity index is 684. The summed E-state index contributed by atoms with van der Waals surface area (Å²) in [5.74, 6) is 1.26. The zero-order valence-electron chi connectivity index (χ0n) is 13.2. The lowest BCUT2D eigenvalue weighted by Crippen LogP contribution is -2.39. The van der Waals surface area contributed by atoms with Crippen molar-refractivity contribution in [1.29, 1.82) is 0 Å². The van der Waals surface area contributed by atoms with Gasteiger partial charge in [-0.1, -0.05) is 36.4 Å². The monoisotopic (exact) mass is 299 g/mol. The van der Waals surface area contributed by atoms with Crippen LogP contribution in [0.3, 0.4) is 0 Å². The molecule has 0 amide bonds. The van der Waals surface area contributed by atoms with Gasteiger partial charge < -0.3 is 19.5 Å². The van der Waals surface area contributed by atoms with E-state index in [1.165, 1.54) is 0 Å². The lowest BCUT2D eigenvalue weighted by atomic mass is 9.83. The fraction of sp³-hybridized carbons (Fsp3) is 0.333. The molecule has 0 aromatic heterocycles. The molecule has 3 rings (SSSR count). The van der Waals surface area contributed by atoms with Crippen molar-refractivity contribution in [2.24, 2.45) is 0 Å². The first-order chi connectivity index (χ1) is 10.6. The second kappa shape index (κ2) is 5.63. The summed E-state index contributed by atoms with van der Waals surface area (Å²) >= 11 is 0. The average molecular weight is 299 g/mol. The molecule has 0 saturated heterocycles. The molecular formula is C18H21NO3. The number of methoxy groups -OCH3 is 1. The number of rotatable bonds is 3. The number of benzene rings is 2. The molecule has 1 aliphatic rings. The lowest BCUT2D eigenvalue weighted by Gasteiger charge is -2.32. The standard InChI is InChI=1S/C18H21NO3/c1-19(2)12-18(20)14-8-5-4-7-13(14)11-22-17-15(18)9-6-10-16(17)21-3/h4-10,20H,11-12H2,1-3H3. The molecule has 0 bridgehead atoms. The first-order valence-electron chi connectivity index (χ1n) is 7.32. The Morgan fingerprint density at radius 3 is 2.59 bits per heavy atom. The molecular weight excluding hydrogens is 278 g/mol. The van der Waals surface area contributed by atoms with E-state index in [4.69, 9.17) is 9.47 Å². The van der Waals surface area contributed by atoms with Crippen LogP contribution in [0.1, 0.15) is 16.7 Å². The molecule has 1 N–H and O–H groups in total. The molecule has 0 aliphatic carbocycles. The molecule has 4 heteroatoms. The first-order valence-corrected chi connectivity index (χ1v) is 7.32. The van der Waals surface area contributed by atoms with Crippen molar-refractivity contribution in [3.8, 4) is 11.5 Å². The van der Waals surface area contributed by atoms with Crippen LogP contribution < -0.4 is 9.47 Å². The minimum Gasteiger partial charge on any atom is -0.493 e. The number of hydrogen-bond donors (Lipinski definition) is 1. The molecule has 22 heavy (non-hydrogen) atoms. The Morgan fingerprint density at radius 2 is 1.86 bits per heavy atom. The molecule has 1 unspecified atom stereocenters. The number of nitrogens with zero attached hydrogens (tertiary/aromatic N) is 1. The average Bonchev–Trinajstić information content (AvgIpc) is 2.63. The molecule has 116 valence electrons. The van der Waals surface area contributed by atoms with Gasteiger partial charge in [-0.05, 0) is 31.3 Å². The Labute approximate surface area is 130 Å². The van der Waals surface area contributed by atoms with Crippen molar-refractivity contribution >= 4 is 0 Å². The van der Waals surface area contributed by atoms with Crippen LogP contribution in [0.15, 0.2) is 42.5 Å². The molecule has 1 aliphatic heterocycles. The summed E-state index contributed by atoms with van der Waals surface area (Å²) in [4.78, 5) is 1.98. The maximum Gasteiger partial charge on any atom is 0.168 e. The zero-order valence-corrected chi connectivity index (χ0v) is 13.2. The summed E-state index contributed by atoms with van der Waals surface area (Å²) in [6.45, 7) is 0.882. The first kappa shape index (κ1) is 14.9. The smallest absolute Gasteiger partial charge is 0.168 e. The molecule has 0 radical (unpaired) electrons. The number of hydrogen-bond acceptors (Lipinski definition) is 4. The minimum atomic E-state index is -1.14. The topological polar surface area (TPSA) is 41.9 Å². The van der Waals surface area contributed by atoms with Crippen LogP contribution >= 0.6 is 0 Å². The molecule has 1 atom stereocenters. The van der Waals surface area contributed by atoms with E-state index in [9.17, 15) is 5.11 Å². The van der Waals surface area contributed by atoms with Crippen LogP contribution in [0, 0.1) is 0 Å². The van der Waals surface area contributed by atoms with Gasteiger partial charge in [0.25, 0.3) is 0 Å². The van der Waals surface area contributed by atoms with E-state index in [0.29, 0.717) is 24.7 Å². The molecule has 0 fully saturated rings. The molecule has 0 spiro atoms. The maximum atomic E-state index is 11.6. The van der Waals surface area contributed by atoms with Crippen LogP contribution in [0.25, 0.3) is 0 Å². The number of ether oxygens (including phenoxy) is 2. The van der Waals surface area contributed by atoms with Gasteiger partial charge in [-0.3, -0.25) is 0 Å². The summed E-state index contributed by atoms with van der Waals surface area (Å²) in [5, 5.41) is 11.6. The van der Waals surface area contributed by atoms with Crippen molar-refractivity contribution in [2.75, 3.05) is 27.7 Å². The van der Waals surface area contributed by atoms with E-state index in [0.717, 1.165) is 16.7 Å². The van der Waals surface area contributed by atoms with Gasteiger partial charge in [0.05, 0.1) is 7.11 Å². The van der Waals surface area contributed by atoms with Crippen molar-refractivity contribution < 1.29 is 14.6 Å². The van der Waals surface area contributed by atoms with E-state index in [1.807, 2.05) is 61.5 Å². The van der Waals surface area contributed by atoms with Gasteiger partial charge in [0.15, 0.2) is 11.5 Å². The summed E-state index contributed by atoms with van der Waals surface area (Å²) in [6, 6.07) is 13.5. The highest BCUT2D eigenvalue weighted by atomic mass is 16.5. The summed E-state index contributed by atoms with van der Waals surface area (Å²) in [5.41, 5.74) is 1.48. The number of likely N-dealkylation sites (N-methyl/N-ethyl adjacent to an activating group) is 1. The van der Waals surface area contributed by atoms with Crippen molar-refractivity contribution in [1.82, 2.24) is 4.90 Å². The van der Waals surface area contributed by atoms with Gasteiger partial charge in [-0.2, -0.15) is 0 Å². The maximum absolute atomic E-state index is 11.6. The van der Waals surface area contributed by atoms with Crippen molar-refractivity contribution in [3.63, 3.8) is 0 Å². The van der Waals surface area contributed by atoms with Gasteiger partial charge in [-0.25, -0.2) is 0 Å². The van der Waals surface area contributed by atoms with Gasteiger partial charge in [-0.15, -0.1) is 0 Å². The van der Waals surface area contributed by atoms with E-state index in [-0.39, 0.29) is 0 Å². The van der Waals surface area contributed by atoms with Gasteiger partial charge >= 0.3 is 0 Å². The fourth-order valence-corrected chi connectivity index (χ4v) is 3.12. The predicted molar refractivity (Wildman–Crippen MR) is 85.3 cm³/mol. The third-order valence-electron chi connectivity index (χ3n) is 4.02. The lowest BCUT2D eigenvalue weighted by molar-refractivity contribution is 0.0505. The fourth-order valence-electron chi connectivity index (χ4n) is 3.12. The van der Waals surface area contributed by atoms with E-state index >= 15 is 0 Å². The Kier molecular flexibility index (Phi) is 3.81. The highest BCUT2D eigenvalue weighted by molar-refractivity contribution is 5.55. The van der Waals surface area contributed by atoms with Gasteiger partial charge in [0.2, 0.25) is 0 Å². The second-order valence-electron chi connectivity index (χ2n) is 5.88. The molecule has 1 heterocycles. The molecule has 2 aromatic rings. The van der Waals surface area contributed by atoms with Crippen LogP contribution in [0.5, 0.6) is 11.5 Å². The minimum absolute atomic E-state index is 0.416. The van der Waals surface area contributed by atoms with Crippen LogP contribution in [-0.2, 0) is 12.2 Å². The normalized spacial score (nSPS) is 19.9. The molecule has 0 saturated carbocycles. The van der Waals surface area contributed by atoms with Crippen LogP contribution in [0.2, 0.25) is 0 Å². The third kappa shape index (κ3) is 2.34. The van der Waals surface area contributed by atoms with Crippen molar-refractivity contribution in [2.45, 2.75) is 12.2 Å². The van der Waals surface area contributed by atoms with Crippen LogP contribution in [-0.4, -0.2) is 37.8 Å². The quantitative estimate of drug-likeness (QED) is 0.945. The highest BCUT2D eigenvalue weighted by Gasteiger charge is 2.39. The summed E-state index contributed by atoms with van der Waals surface area (Å²) < 4.78 is 11.4. The van der Waals surface area contributed by atoms with E-state index < -0.39 is 5.60 Å². The third-order valence-corrected chi connectivity index (χ3v) is 4.02. The van der Waals surface area contributed by atoms with E-state index in [2.05, 4.69) is 0 Å². The second-order valence-corrected chi connectivity index (χ2v) is 5.88. The number of fused-ring (bicyclic) bond motifs is 2. The summed E-state index contributed by atoms with van der Waals surface area (Å²) in [7, 11) is 5.51. The van der Waals surface area contributed by atoms with Gasteiger partial charge in [0, 0.05) is 12.1 Å². The highest BCUT2D eigenvalue weighted by Crippen LogP contribution is 2.44. The Balaban J connectivity index is 2.26. The molecule has 2 aromatic carbocycles. The zero-order chi connectivity index (χ0) is 15.7. The summed E-state index contributed by atoms with van der Waals surface area (Å²) in [6.07, 6.45) is 0. The number of aliphatic hydroxyl groups is 1. The SMILES string of the molecule is COc1cccc2c1OCc1ccccc1C2(O)CN(C)C.